The van der Waals surface area contributed by atoms with Crippen molar-refractivity contribution in [1.82, 2.24) is 4.57 Å². The van der Waals surface area contributed by atoms with E-state index < -0.39 is 5.91 Å². The van der Waals surface area contributed by atoms with Crippen LogP contribution in [-0.2, 0) is 19.6 Å². The Balaban J connectivity index is 1.43. The molecular weight excluding hydrogens is 348 g/mol. The van der Waals surface area contributed by atoms with E-state index in [2.05, 4.69) is 12.1 Å². The normalized spacial score (nSPS) is 10.9. The molecule has 4 heteroatoms. The number of amides is 1. The second kappa shape index (κ2) is 8.01. The van der Waals surface area contributed by atoms with E-state index >= 15 is 0 Å². The first-order valence-electron chi connectivity index (χ1n) is 9.34. The maximum absolute atomic E-state index is 11.8. The van der Waals surface area contributed by atoms with Crippen molar-refractivity contribution in [2.24, 2.45) is 5.73 Å². The summed E-state index contributed by atoms with van der Waals surface area (Å²) in [7, 11) is 0. The molecule has 0 saturated carbocycles. The molecule has 4 aromatic rings. The summed E-state index contributed by atoms with van der Waals surface area (Å²) in [6.07, 6.45) is 0.803. The van der Waals surface area contributed by atoms with Gasteiger partial charge in [-0.15, -0.1) is 0 Å². The summed E-state index contributed by atoms with van der Waals surface area (Å²) in [6, 6.07) is 28.0. The molecule has 0 fully saturated rings. The van der Waals surface area contributed by atoms with Crippen molar-refractivity contribution in [2.45, 2.75) is 19.6 Å². The molecule has 4 rings (SSSR count). The number of carbonyl (C=O) groups is 1. The van der Waals surface area contributed by atoms with E-state index in [0.29, 0.717) is 18.8 Å². The Morgan fingerprint density at radius 1 is 0.857 bits per heavy atom. The van der Waals surface area contributed by atoms with Gasteiger partial charge in [-0.1, -0.05) is 60.7 Å². The summed E-state index contributed by atoms with van der Waals surface area (Å²) < 4.78 is 7.84. The van der Waals surface area contributed by atoms with Crippen molar-refractivity contribution >= 4 is 16.8 Å². The molecule has 0 aliphatic heterocycles. The molecule has 4 nitrogen and oxygen atoms in total. The molecule has 1 aromatic heterocycles. The predicted molar refractivity (Wildman–Crippen MR) is 111 cm³/mol. The van der Waals surface area contributed by atoms with Crippen molar-refractivity contribution in [3.8, 4) is 5.75 Å². The summed E-state index contributed by atoms with van der Waals surface area (Å²) in [5, 5.41) is 1.03. The van der Waals surface area contributed by atoms with Gasteiger partial charge in [0.2, 0.25) is 0 Å². The maximum Gasteiger partial charge on any atom is 0.265 e. The number of fused-ring (bicyclic) bond motifs is 1. The van der Waals surface area contributed by atoms with Crippen LogP contribution in [-0.4, -0.2) is 10.5 Å². The lowest BCUT2D eigenvalue weighted by Gasteiger charge is -2.10. The molecule has 0 saturated heterocycles. The van der Waals surface area contributed by atoms with Gasteiger partial charge in [0.05, 0.1) is 0 Å². The molecule has 3 aromatic carbocycles. The number of nitrogens with zero attached hydrogens (tertiary/aromatic N) is 1. The van der Waals surface area contributed by atoms with Gasteiger partial charge in [-0.05, 0) is 41.8 Å². The topological polar surface area (TPSA) is 57.2 Å². The van der Waals surface area contributed by atoms with Crippen molar-refractivity contribution < 1.29 is 9.53 Å². The molecule has 0 radical (unpaired) electrons. The molecule has 0 spiro atoms. The number of ether oxygens (including phenoxy) is 1. The minimum absolute atomic E-state index is 0.402. The third kappa shape index (κ3) is 3.91. The first-order valence-corrected chi connectivity index (χ1v) is 9.34. The summed E-state index contributed by atoms with van der Waals surface area (Å²) >= 11 is 0. The molecule has 0 aliphatic carbocycles. The fourth-order valence-corrected chi connectivity index (χ4v) is 3.39. The van der Waals surface area contributed by atoms with E-state index in [1.807, 2.05) is 77.4 Å². The Bertz CT molecular complexity index is 1080. The molecule has 0 atom stereocenters. The smallest absolute Gasteiger partial charge is 0.265 e. The second-order valence-corrected chi connectivity index (χ2v) is 6.77. The highest BCUT2D eigenvalue weighted by molar-refractivity contribution is 5.97. The quantitative estimate of drug-likeness (QED) is 0.518. The number of rotatable bonds is 7. The van der Waals surface area contributed by atoms with Gasteiger partial charge in [0.15, 0.2) is 0 Å². The standard InChI is InChI=1S/C24H22N2O2/c25-24(27)23-16-20-8-4-5-9-22(20)26(23)15-14-18-10-12-21(13-11-18)28-17-19-6-2-1-3-7-19/h1-13,16H,14-15,17H2,(H2,25,27). The largest absolute Gasteiger partial charge is 0.489 e. The third-order valence-corrected chi connectivity index (χ3v) is 4.86. The van der Waals surface area contributed by atoms with E-state index in [0.717, 1.165) is 28.6 Å². The molecule has 0 aliphatic rings. The Morgan fingerprint density at radius 3 is 2.32 bits per heavy atom. The van der Waals surface area contributed by atoms with Crippen molar-refractivity contribution in [3.05, 3.63) is 102 Å². The summed E-state index contributed by atoms with van der Waals surface area (Å²) in [6.45, 7) is 1.24. The molecule has 140 valence electrons. The van der Waals surface area contributed by atoms with Crippen molar-refractivity contribution in [3.63, 3.8) is 0 Å². The van der Waals surface area contributed by atoms with Gasteiger partial charge in [0.1, 0.15) is 18.1 Å². The summed E-state index contributed by atoms with van der Waals surface area (Å²) in [5.74, 6) is 0.442. The Hall–Kier alpha value is -3.53. The number of aryl methyl sites for hydroxylation is 2. The van der Waals surface area contributed by atoms with Crippen LogP contribution >= 0.6 is 0 Å². The zero-order valence-corrected chi connectivity index (χ0v) is 15.5. The van der Waals surface area contributed by atoms with Crippen LogP contribution < -0.4 is 10.5 Å². The summed E-state index contributed by atoms with van der Waals surface area (Å²) in [4.78, 5) is 11.8. The lowest BCUT2D eigenvalue weighted by molar-refractivity contribution is 0.0992. The number of hydrogen-bond acceptors (Lipinski definition) is 2. The highest BCUT2D eigenvalue weighted by atomic mass is 16.5. The van der Waals surface area contributed by atoms with Crippen molar-refractivity contribution in [1.29, 1.82) is 0 Å². The lowest BCUT2D eigenvalue weighted by Crippen LogP contribution is -2.17. The SMILES string of the molecule is NC(=O)c1cc2ccccc2n1CCc1ccc(OCc2ccccc2)cc1. The average molecular weight is 370 g/mol. The van der Waals surface area contributed by atoms with Gasteiger partial charge < -0.3 is 15.0 Å². The third-order valence-electron chi connectivity index (χ3n) is 4.86. The average Bonchev–Trinajstić information content (AvgIpc) is 3.11. The zero-order chi connectivity index (χ0) is 19.3. The van der Waals surface area contributed by atoms with E-state index in [1.54, 1.807) is 0 Å². The monoisotopic (exact) mass is 370 g/mol. The number of benzene rings is 3. The van der Waals surface area contributed by atoms with Gasteiger partial charge in [-0.2, -0.15) is 0 Å². The molecule has 0 unspecified atom stereocenters. The Morgan fingerprint density at radius 2 is 1.57 bits per heavy atom. The van der Waals surface area contributed by atoms with E-state index in [-0.39, 0.29) is 0 Å². The molecule has 1 heterocycles. The van der Waals surface area contributed by atoms with Gasteiger partial charge in [-0.25, -0.2) is 0 Å². The van der Waals surface area contributed by atoms with Crippen LogP contribution in [0, 0.1) is 0 Å². The van der Waals surface area contributed by atoms with Crippen LogP contribution in [0.1, 0.15) is 21.6 Å². The lowest BCUT2D eigenvalue weighted by atomic mass is 10.1. The number of carbonyl (C=O) groups excluding carboxylic acids is 1. The minimum Gasteiger partial charge on any atom is -0.489 e. The van der Waals surface area contributed by atoms with E-state index in [9.17, 15) is 4.79 Å². The molecule has 1 amide bonds. The van der Waals surface area contributed by atoms with E-state index in [1.165, 1.54) is 5.56 Å². The summed E-state index contributed by atoms with van der Waals surface area (Å²) in [5.41, 5.74) is 9.47. The molecule has 2 N–H and O–H groups in total. The van der Waals surface area contributed by atoms with Gasteiger partial charge in [-0.3, -0.25) is 4.79 Å². The van der Waals surface area contributed by atoms with Crippen LogP contribution in [0.15, 0.2) is 84.9 Å². The first-order chi connectivity index (χ1) is 13.7. The Kier molecular flexibility index (Phi) is 5.11. The zero-order valence-electron chi connectivity index (χ0n) is 15.5. The maximum atomic E-state index is 11.8. The number of nitrogens with two attached hydrogens (primary N) is 1. The number of hydrogen-bond donors (Lipinski definition) is 1. The van der Waals surface area contributed by atoms with Crippen LogP contribution in [0.5, 0.6) is 5.75 Å². The number of aromatic nitrogens is 1. The van der Waals surface area contributed by atoms with Gasteiger partial charge in [0, 0.05) is 17.4 Å². The van der Waals surface area contributed by atoms with Crippen LogP contribution in [0.4, 0.5) is 0 Å². The highest BCUT2D eigenvalue weighted by Gasteiger charge is 2.12. The predicted octanol–water partition coefficient (Wildman–Crippen LogP) is 4.56. The number of primary amides is 1. The minimum atomic E-state index is -0.402. The number of para-hydroxylation sites is 1. The molecule has 0 bridgehead atoms. The van der Waals surface area contributed by atoms with Gasteiger partial charge >= 0.3 is 0 Å². The van der Waals surface area contributed by atoms with Crippen LogP contribution in [0.2, 0.25) is 0 Å². The van der Waals surface area contributed by atoms with Crippen molar-refractivity contribution in [2.75, 3.05) is 0 Å². The first kappa shape index (κ1) is 17.9. The van der Waals surface area contributed by atoms with Crippen LogP contribution in [0.25, 0.3) is 10.9 Å². The van der Waals surface area contributed by atoms with Crippen LogP contribution in [0.3, 0.4) is 0 Å². The van der Waals surface area contributed by atoms with Gasteiger partial charge in [0.25, 0.3) is 5.91 Å². The Labute approximate surface area is 164 Å². The molecule has 28 heavy (non-hydrogen) atoms. The highest BCUT2D eigenvalue weighted by Crippen LogP contribution is 2.21. The second-order valence-electron chi connectivity index (χ2n) is 6.77. The fraction of sp³-hybridized carbons (Fsp3) is 0.125. The fourth-order valence-electron chi connectivity index (χ4n) is 3.39. The molecular formula is C24H22N2O2. The van der Waals surface area contributed by atoms with E-state index in [4.69, 9.17) is 10.5 Å².